The Hall–Kier alpha value is -4.27. The van der Waals surface area contributed by atoms with E-state index >= 15 is 0 Å². The van der Waals surface area contributed by atoms with Gasteiger partial charge in [0.1, 0.15) is 0 Å². The zero-order valence-corrected chi connectivity index (χ0v) is 24.5. The molecule has 3 aromatic carbocycles. The number of carboxylic acids is 1. The summed E-state index contributed by atoms with van der Waals surface area (Å²) in [6.07, 6.45) is -4.69. The normalized spacial score (nSPS) is 16.8. The maximum absolute atomic E-state index is 13.1. The third-order valence-corrected chi connectivity index (χ3v) is 8.19. The number of carbonyl (C=O) groups excluding carboxylic acids is 2. The van der Waals surface area contributed by atoms with Gasteiger partial charge in [-0.05, 0) is 41.8 Å². The molecule has 0 radical (unpaired) electrons. The summed E-state index contributed by atoms with van der Waals surface area (Å²) >= 11 is 0. The number of rotatable bonds is 9. The lowest BCUT2D eigenvalue weighted by molar-refractivity contribution is -0.192. The number of amides is 2. The average molecular weight is 635 g/mol. The number of hydrogen-bond donors (Lipinski definition) is 5. The fourth-order valence-electron chi connectivity index (χ4n) is 4.59. The largest absolute Gasteiger partial charge is 0.490 e. The highest BCUT2D eigenvalue weighted by molar-refractivity contribution is 7.89. The average Bonchev–Trinajstić information content (AvgIpc) is 2.98. The van der Waals surface area contributed by atoms with Gasteiger partial charge in [0.25, 0.3) is 0 Å². The highest BCUT2D eigenvalue weighted by Crippen LogP contribution is 2.24. The quantitative estimate of drug-likeness (QED) is 0.242. The first kappa shape index (κ1) is 34.2. The number of piperidine rings is 1. The van der Waals surface area contributed by atoms with E-state index in [1.165, 1.54) is 19.1 Å². The van der Waals surface area contributed by atoms with Crippen molar-refractivity contribution >= 4 is 33.5 Å². The van der Waals surface area contributed by atoms with Crippen molar-refractivity contribution in [2.24, 2.45) is 5.92 Å². The number of alkyl halides is 3. The van der Waals surface area contributed by atoms with Crippen molar-refractivity contribution in [3.63, 3.8) is 0 Å². The molecule has 4 rings (SSSR count). The van der Waals surface area contributed by atoms with Crippen molar-refractivity contribution in [2.45, 2.75) is 36.4 Å². The Balaban J connectivity index is 0.000000676. The van der Waals surface area contributed by atoms with Gasteiger partial charge in [0.2, 0.25) is 21.8 Å². The van der Waals surface area contributed by atoms with Crippen molar-refractivity contribution in [3.8, 4) is 0 Å². The van der Waals surface area contributed by atoms with E-state index in [1.807, 2.05) is 36.4 Å². The summed E-state index contributed by atoms with van der Waals surface area (Å²) in [4.78, 5) is 33.3. The maximum atomic E-state index is 13.1. The van der Waals surface area contributed by atoms with E-state index in [1.54, 1.807) is 12.1 Å². The molecule has 0 saturated carbocycles. The molecule has 2 atom stereocenters. The van der Waals surface area contributed by atoms with E-state index in [2.05, 4.69) is 44.9 Å². The summed E-state index contributed by atoms with van der Waals surface area (Å²) in [6, 6.07) is 25.7. The van der Waals surface area contributed by atoms with E-state index in [0.29, 0.717) is 31.7 Å². The first-order valence-electron chi connectivity index (χ1n) is 13.5. The predicted octanol–water partition coefficient (Wildman–Crippen LogP) is 3.48. The number of nitrogens with one attached hydrogen (secondary N) is 4. The second kappa shape index (κ2) is 15.5. The van der Waals surface area contributed by atoms with Crippen LogP contribution in [0.2, 0.25) is 0 Å². The van der Waals surface area contributed by atoms with Crippen LogP contribution >= 0.6 is 0 Å². The Morgan fingerprint density at radius 2 is 1.43 bits per heavy atom. The van der Waals surface area contributed by atoms with Crippen LogP contribution in [0.5, 0.6) is 0 Å². The highest BCUT2D eigenvalue weighted by atomic mass is 32.2. The van der Waals surface area contributed by atoms with Gasteiger partial charge >= 0.3 is 12.1 Å². The lowest BCUT2D eigenvalue weighted by Gasteiger charge is -2.30. The molecule has 1 fully saturated rings. The molecule has 0 aliphatic carbocycles. The SMILES string of the molecule is CC(=O)Nc1ccc(S(=O)(=O)N[C@H]2CNC[C@@H](C(=O)NCC(c3ccccc3)c3ccccc3)C2)cc1.O=C(O)C(F)(F)F. The van der Waals surface area contributed by atoms with Crippen molar-refractivity contribution < 1.29 is 41.1 Å². The summed E-state index contributed by atoms with van der Waals surface area (Å²) in [5.74, 6) is -3.45. The maximum Gasteiger partial charge on any atom is 0.490 e. The molecule has 14 heteroatoms. The van der Waals surface area contributed by atoms with E-state index < -0.39 is 28.2 Å². The van der Waals surface area contributed by atoms with Gasteiger partial charge < -0.3 is 21.1 Å². The number of sulfonamides is 1. The van der Waals surface area contributed by atoms with Crippen molar-refractivity contribution in [3.05, 3.63) is 96.1 Å². The molecular weight excluding hydrogens is 601 g/mol. The Morgan fingerprint density at radius 3 is 1.91 bits per heavy atom. The smallest absolute Gasteiger partial charge is 0.475 e. The second-order valence-electron chi connectivity index (χ2n) is 10.0. The van der Waals surface area contributed by atoms with E-state index in [9.17, 15) is 31.2 Å². The Labute approximate surface area is 253 Å². The third-order valence-electron chi connectivity index (χ3n) is 6.65. The van der Waals surface area contributed by atoms with Gasteiger partial charge in [-0.3, -0.25) is 9.59 Å². The van der Waals surface area contributed by atoms with Crippen LogP contribution in [-0.4, -0.2) is 63.2 Å². The molecule has 1 saturated heterocycles. The van der Waals surface area contributed by atoms with Crippen molar-refractivity contribution in [2.75, 3.05) is 25.0 Å². The van der Waals surface area contributed by atoms with E-state index in [-0.39, 0.29) is 28.5 Å². The number of carbonyl (C=O) groups is 3. The van der Waals surface area contributed by atoms with Crippen LogP contribution in [0.4, 0.5) is 18.9 Å². The predicted molar refractivity (Wildman–Crippen MR) is 157 cm³/mol. The van der Waals surface area contributed by atoms with Crippen LogP contribution in [0.3, 0.4) is 0 Å². The van der Waals surface area contributed by atoms with Gasteiger partial charge in [-0.25, -0.2) is 17.9 Å². The van der Waals surface area contributed by atoms with Gasteiger partial charge in [-0.15, -0.1) is 0 Å². The Bertz CT molecular complexity index is 1470. The van der Waals surface area contributed by atoms with E-state index in [4.69, 9.17) is 9.90 Å². The molecule has 0 spiro atoms. The Morgan fingerprint density at radius 1 is 0.909 bits per heavy atom. The van der Waals surface area contributed by atoms with Crippen LogP contribution in [0.15, 0.2) is 89.8 Å². The highest BCUT2D eigenvalue weighted by Gasteiger charge is 2.38. The lowest BCUT2D eigenvalue weighted by atomic mass is 9.90. The molecule has 0 bridgehead atoms. The monoisotopic (exact) mass is 634 g/mol. The van der Waals surface area contributed by atoms with Gasteiger partial charge in [0.05, 0.1) is 10.8 Å². The lowest BCUT2D eigenvalue weighted by Crippen LogP contribution is -2.52. The molecule has 10 nitrogen and oxygen atoms in total. The molecule has 5 N–H and O–H groups in total. The zero-order chi connectivity index (χ0) is 32.3. The number of halogens is 3. The van der Waals surface area contributed by atoms with Crippen LogP contribution in [0, 0.1) is 5.92 Å². The summed E-state index contributed by atoms with van der Waals surface area (Å²) in [7, 11) is -3.79. The van der Waals surface area contributed by atoms with Crippen LogP contribution in [0.25, 0.3) is 0 Å². The number of carboxylic acid groups (broad SMARTS) is 1. The summed E-state index contributed by atoms with van der Waals surface area (Å²) in [6.45, 7) is 2.75. The molecule has 1 heterocycles. The van der Waals surface area contributed by atoms with Gasteiger partial charge in [-0.1, -0.05) is 60.7 Å². The van der Waals surface area contributed by atoms with Crippen LogP contribution in [0.1, 0.15) is 30.4 Å². The first-order valence-corrected chi connectivity index (χ1v) is 15.0. The molecule has 1 aliphatic heterocycles. The van der Waals surface area contributed by atoms with Crippen molar-refractivity contribution in [1.82, 2.24) is 15.4 Å². The molecule has 3 aromatic rings. The van der Waals surface area contributed by atoms with Crippen LogP contribution < -0.4 is 20.7 Å². The minimum atomic E-state index is -5.08. The topological polar surface area (TPSA) is 154 Å². The number of benzene rings is 3. The third kappa shape index (κ3) is 10.5. The molecular formula is C30H33F3N4O6S. The number of aliphatic carboxylic acids is 1. The molecule has 1 aliphatic rings. The van der Waals surface area contributed by atoms with Crippen molar-refractivity contribution in [1.29, 1.82) is 0 Å². The van der Waals surface area contributed by atoms with Crippen LogP contribution in [-0.2, 0) is 24.4 Å². The first-order chi connectivity index (χ1) is 20.8. The van der Waals surface area contributed by atoms with E-state index in [0.717, 1.165) is 11.1 Å². The van der Waals surface area contributed by atoms with Gasteiger partial charge in [0.15, 0.2) is 0 Å². The second-order valence-corrected chi connectivity index (χ2v) is 11.8. The summed E-state index contributed by atoms with van der Waals surface area (Å²) < 4.78 is 60.3. The van der Waals surface area contributed by atoms with Gasteiger partial charge in [-0.2, -0.15) is 13.2 Å². The molecule has 2 amide bonds. The number of hydrogen-bond acceptors (Lipinski definition) is 6. The fraction of sp³-hybridized carbons (Fsp3) is 0.300. The number of anilines is 1. The molecule has 0 aromatic heterocycles. The minimum Gasteiger partial charge on any atom is -0.475 e. The molecule has 44 heavy (non-hydrogen) atoms. The molecule has 0 unspecified atom stereocenters. The summed E-state index contributed by atoms with van der Waals surface area (Å²) in [5, 5.41) is 16.0. The molecule has 236 valence electrons. The Kier molecular flexibility index (Phi) is 12.0. The fourth-order valence-corrected chi connectivity index (χ4v) is 5.83. The summed E-state index contributed by atoms with van der Waals surface area (Å²) in [5.41, 5.74) is 2.75. The standard InChI is InChI=1S/C28H32N4O4S.C2HF3O2/c1-20(33)31-24-12-14-26(15-13-24)37(35,36)32-25-16-23(17-29-18-25)28(34)30-19-27(21-8-4-2-5-9-21)22-10-6-3-7-11-22;3-2(4,5)1(6)7/h2-15,23,25,27,29,32H,16-19H2,1H3,(H,30,34)(H,31,33);(H,6,7)/t23-,25+;/m0./s1. The zero-order valence-electron chi connectivity index (χ0n) is 23.7. The minimum absolute atomic E-state index is 0.0117. The van der Waals surface area contributed by atoms with Gasteiger partial charge in [0, 0.05) is 44.2 Å².